The van der Waals surface area contributed by atoms with Gasteiger partial charge in [-0.15, -0.1) is 0 Å². The Balaban J connectivity index is 2.10. The molecule has 0 saturated heterocycles. The van der Waals surface area contributed by atoms with E-state index >= 15 is 0 Å². The minimum absolute atomic E-state index is 0.0766. The molecule has 6 heteroatoms. The summed E-state index contributed by atoms with van der Waals surface area (Å²) in [5.74, 6) is 0. The maximum atomic E-state index is 12.1. The van der Waals surface area contributed by atoms with Crippen LogP contribution in [0, 0.1) is 0 Å². The van der Waals surface area contributed by atoms with Crippen molar-refractivity contribution in [3.05, 3.63) is 57.0 Å². The standard InChI is InChI=1S/C15H15Br2N3O/c1-9(18)10-4-2-5-11(8-10)19-15(21)20-14-12(16)6-3-7-13(14)17/h2-9H,18H2,1H3,(H2,19,20,21). The largest absolute Gasteiger partial charge is 0.324 e. The maximum Gasteiger partial charge on any atom is 0.323 e. The van der Waals surface area contributed by atoms with E-state index < -0.39 is 0 Å². The summed E-state index contributed by atoms with van der Waals surface area (Å²) < 4.78 is 1.60. The third-order valence-corrected chi connectivity index (χ3v) is 4.19. The molecular formula is C15H15Br2N3O. The predicted molar refractivity (Wildman–Crippen MR) is 93.5 cm³/mol. The summed E-state index contributed by atoms with van der Waals surface area (Å²) in [5.41, 5.74) is 8.18. The van der Waals surface area contributed by atoms with Crippen molar-refractivity contribution in [2.45, 2.75) is 13.0 Å². The molecule has 2 aromatic rings. The van der Waals surface area contributed by atoms with E-state index in [1.165, 1.54) is 0 Å². The monoisotopic (exact) mass is 411 g/mol. The van der Waals surface area contributed by atoms with E-state index in [1.54, 1.807) is 0 Å². The first-order valence-corrected chi connectivity index (χ1v) is 7.93. The van der Waals surface area contributed by atoms with Gasteiger partial charge in [0.05, 0.1) is 5.69 Å². The lowest BCUT2D eigenvalue weighted by Gasteiger charge is -2.12. The van der Waals surface area contributed by atoms with Crippen LogP contribution in [0.4, 0.5) is 16.2 Å². The number of amides is 2. The number of nitrogens with one attached hydrogen (secondary N) is 2. The molecule has 1 atom stereocenters. The van der Waals surface area contributed by atoms with Gasteiger partial charge in [0.1, 0.15) is 0 Å². The van der Waals surface area contributed by atoms with Gasteiger partial charge < -0.3 is 16.4 Å². The molecular weight excluding hydrogens is 398 g/mol. The van der Waals surface area contributed by atoms with Gasteiger partial charge in [-0.25, -0.2) is 4.79 Å². The van der Waals surface area contributed by atoms with Crippen molar-refractivity contribution in [1.82, 2.24) is 0 Å². The van der Waals surface area contributed by atoms with Gasteiger partial charge in [0.25, 0.3) is 0 Å². The van der Waals surface area contributed by atoms with Gasteiger partial charge in [-0.2, -0.15) is 0 Å². The summed E-state index contributed by atoms with van der Waals surface area (Å²) in [7, 11) is 0. The molecule has 0 aromatic heterocycles. The first-order valence-electron chi connectivity index (χ1n) is 6.35. The maximum absolute atomic E-state index is 12.1. The summed E-state index contributed by atoms with van der Waals surface area (Å²) in [4.78, 5) is 12.1. The topological polar surface area (TPSA) is 67.1 Å². The van der Waals surface area contributed by atoms with Crippen molar-refractivity contribution in [1.29, 1.82) is 0 Å². The van der Waals surface area contributed by atoms with Crippen LogP contribution in [0.25, 0.3) is 0 Å². The number of nitrogens with two attached hydrogens (primary N) is 1. The van der Waals surface area contributed by atoms with E-state index in [1.807, 2.05) is 49.4 Å². The van der Waals surface area contributed by atoms with Crippen LogP contribution in [0.3, 0.4) is 0 Å². The molecule has 0 aliphatic heterocycles. The lowest BCUT2D eigenvalue weighted by Crippen LogP contribution is -2.20. The molecule has 4 nitrogen and oxygen atoms in total. The van der Waals surface area contributed by atoms with Crippen molar-refractivity contribution in [3.63, 3.8) is 0 Å². The third kappa shape index (κ3) is 4.30. The Bertz CT molecular complexity index is 639. The average Bonchev–Trinajstić information content (AvgIpc) is 2.43. The Morgan fingerprint density at radius 2 is 1.71 bits per heavy atom. The van der Waals surface area contributed by atoms with Crippen molar-refractivity contribution >= 4 is 49.3 Å². The van der Waals surface area contributed by atoms with Gasteiger partial charge >= 0.3 is 6.03 Å². The zero-order valence-electron chi connectivity index (χ0n) is 11.4. The first kappa shape index (κ1) is 16.0. The van der Waals surface area contributed by atoms with E-state index in [4.69, 9.17) is 5.73 Å². The normalized spacial score (nSPS) is 11.8. The summed E-state index contributed by atoms with van der Waals surface area (Å²) in [6.07, 6.45) is 0. The third-order valence-electron chi connectivity index (χ3n) is 2.87. The molecule has 0 fully saturated rings. The summed E-state index contributed by atoms with van der Waals surface area (Å²) in [6, 6.07) is 12.7. The van der Waals surface area contributed by atoms with E-state index in [0.717, 1.165) is 14.5 Å². The number of anilines is 2. The van der Waals surface area contributed by atoms with Crippen molar-refractivity contribution in [2.75, 3.05) is 10.6 Å². The number of hydrogen-bond donors (Lipinski definition) is 3. The molecule has 4 N–H and O–H groups in total. The zero-order valence-corrected chi connectivity index (χ0v) is 14.5. The van der Waals surface area contributed by atoms with Crippen molar-refractivity contribution in [2.24, 2.45) is 5.73 Å². The molecule has 0 radical (unpaired) electrons. The molecule has 2 amide bonds. The van der Waals surface area contributed by atoms with Crippen LogP contribution in [0.15, 0.2) is 51.4 Å². The fraction of sp³-hybridized carbons (Fsp3) is 0.133. The Hall–Kier alpha value is -1.37. The number of hydrogen-bond acceptors (Lipinski definition) is 2. The zero-order chi connectivity index (χ0) is 15.4. The quantitative estimate of drug-likeness (QED) is 0.672. The molecule has 0 saturated carbocycles. The summed E-state index contributed by atoms with van der Waals surface area (Å²) in [5, 5.41) is 5.59. The predicted octanol–water partition coefficient (Wildman–Crippen LogP) is 4.88. The number of halogens is 2. The number of carbonyl (C=O) groups excluding carboxylic acids is 1. The molecule has 2 rings (SSSR count). The SMILES string of the molecule is CC(N)c1cccc(NC(=O)Nc2c(Br)cccc2Br)c1. The molecule has 0 bridgehead atoms. The molecule has 1 unspecified atom stereocenters. The Morgan fingerprint density at radius 1 is 1.10 bits per heavy atom. The van der Waals surface area contributed by atoms with Gasteiger partial charge in [0.2, 0.25) is 0 Å². The highest BCUT2D eigenvalue weighted by Crippen LogP contribution is 2.30. The van der Waals surface area contributed by atoms with Crippen LogP contribution in [-0.2, 0) is 0 Å². The number of urea groups is 1. The lowest BCUT2D eigenvalue weighted by atomic mass is 10.1. The molecule has 0 aliphatic carbocycles. The van der Waals surface area contributed by atoms with Gasteiger partial charge in [-0.1, -0.05) is 18.2 Å². The second-order valence-corrected chi connectivity index (χ2v) is 6.30. The second-order valence-electron chi connectivity index (χ2n) is 4.59. The molecule has 21 heavy (non-hydrogen) atoms. The van der Waals surface area contributed by atoms with Crippen LogP contribution in [0.2, 0.25) is 0 Å². The van der Waals surface area contributed by atoms with Crippen LogP contribution in [0.5, 0.6) is 0 Å². The molecule has 0 heterocycles. The summed E-state index contributed by atoms with van der Waals surface area (Å²) in [6.45, 7) is 1.90. The van der Waals surface area contributed by atoms with Crippen LogP contribution in [-0.4, -0.2) is 6.03 Å². The molecule has 0 aliphatic rings. The van der Waals surface area contributed by atoms with E-state index in [9.17, 15) is 4.79 Å². The lowest BCUT2D eigenvalue weighted by molar-refractivity contribution is 0.262. The Morgan fingerprint density at radius 3 is 2.33 bits per heavy atom. The minimum atomic E-state index is -0.315. The van der Waals surface area contributed by atoms with E-state index in [0.29, 0.717) is 11.4 Å². The molecule has 0 spiro atoms. The number of benzene rings is 2. The average molecular weight is 413 g/mol. The second kappa shape index (κ2) is 7.06. The summed E-state index contributed by atoms with van der Waals surface area (Å²) >= 11 is 6.81. The Labute approximate surface area is 140 Å². The van der Waals surface area contributed by atoms with Gasteiger partial charge in [-0.3, -0.25) is 0 Å². The van der Waals surface area contributed by atoms with Gasteiger partial charge in [0, 0.05) is 20.7 Å². The highest BCUT2D eigenvalue weighted by molar-refractivity contribution is 9.11. The fourth-order valence-corrected chi connectivity index (χ4v) is 2.99. The fourth-order valence-electron chi connectivity index (χ4n) is 1.79. The van der Waals surface area contributed by atoms with E-state index in [2.05, 4.69) is 42.5 Å². The highest BCUT2D eigenvalue weighted by Gasteiger charge is 2.09. The first-order chi connectivity index (χ1) is 9.97. The number of rotatable bonds is 3. The van der Waals surface area contributed by atoms with Gasteiger partial charge in [0.15, 0.2) is 0 Å². The number of para-hydroxylation sites is 1. The van der Waals surface area contributed by atoms with E-state index in [-0.39, 0.29) is 12.1 Å². The Kier molecular flexibility index (Phi) is 5.39. The van der Waals surface area contributed by atoms with Gasteiger partial charge in [-0.05, 0) is 68.6 Å². The van der Waals surface area contributed by atoms with Crippen molar-refractivity contribution in [3.8, 4) is 0 Å². The van der Waals surface area contributed by atoms with Crippen LogP contribution < -0.4 is 16.4 Å². The molecule has 110 valence electrons. The van der Waals surface area contributed by atoms with Crippen LogP contribution in [0.1, 0.15) is 18.5 Å². The van der Waals surface area contributed by atoms with Crippen LogP contribution >= 0.6 is 31.9 Å². The molecule has 2 aromatic carbocycles. The smallest absolute Gasteiger partial charge is 0.323 e. The minimum Gasteiger partial charge on any atom is -0.324 e. The highest BCUT2D eigenvalue weighted by atomic mass is 79.9. The van der Waals surface area contributed by atoms with Crippen molar-refractivity contribution < 1.29 is 4.79 Å². The number of carbonyl (C=O) groups is 1.